The first-order valence-electron chi connectivity index (χ1n) is 3.66. The van der Waals surface area contributed by atoms with Crippen molar-refractivity contribution in [3.8, 4) is 6.07 Å². The fraction of sp³-hybridized carbons (Fsp3) is 0.250. The van der Waals surface area contributed by atoms with Gasteiger partial charge in [-0.3, -0.25) is 0 Å². The minimum Gasteiger partial charge on any atom is -0.384 e. The first-order valence-corrected chi connectivity index (χ1v) is 6.26. The van der Waals surface area contributed by atoms with E-state index in [1.54, 1.807) is 13.3 Å². The van der Waals surface area contributed by atoms with Gasteiger partial charge in [0.25, 0.3) is 0 Å². The van der Waals surface area contributed by atoms with Crippen LogP contribution in [0.3, 0.4) is 0 Å². The van der Waals surface area contributed by atoms with Crippen LogP contribution in [-0.2, 0) is 4.57 Å². The molecule has 1 rings (SSSR count). The number of nitriles is 1. The number of hydrogen-bond donors (Lipinski definition) is 1. The van der Waals surface area contributed by atoms with Gasteiger partial charge in [0, 0.05) is 11.5 Å². The molecule has 0 amide bonds. The van der Waals surface area contributed by atoms with Crippen molar-refractivity contribution >= 4 is 18.3 Å². The number of nitrogen functional groups attached to an aromatic ring is 1. The Labute approximate surface area is 76.8 Å². The van der Waals surface area contributed by atoms with E-state index in [-0.39, 0.29) is 5.82 Å². The van der Waals surface area contributed by atoms with Crippen LogP contribution in [0, 0.1) is 11.3 Å². The summed E-state index contributed by atoms with van der Waals surface area (Å²) in [6.45, 7) is 3.20. The van der Waals surface area contributed by atoms with Gasteiger partial charge in [0.1, 0.15) is 19.0 Å². The number of nitrogens with zero attached hydrogens (tertiary/aromatic N) is 2. The second-order valence-electron chi connectivity index (χ2n) is 3.09. The number of nitrogens with two attached hydrogens (primary N) is 1. The van der Waals surface area contributed by atoms with Crippen molar-refractivity contribution in [3.05, 3.63) is 17.8 Å². The zero-order valence-electron chi connectivity index (χ0n) is 7.48. The molecular weight excluding hydrogens is 185 g/mol. The van der Waals surface area contributed by atoms with Gasteiger partial charge in [0.2, 0.25) is 0 Å². The Morgan fingerprint density at radius 3 is 2.69 bits per heavy atom. The summed E-state index contributed by atoms with van der Waals surface area (Å²) in [4.78, 5) is 3.81. The summed E-state index contributed by atoms with van der Waals surface area (Å²) < 4.78 is 11.7. The van der Waals surface area contributed by atoms with E-state index >= 15 is 0 Å². The highest BCUT2D eigenvalue weighted by Crippen LogP contribution is 2.35. The van der Waals surface area contributed by atoms with E-state index in [9.17, 15) is 4.57 Å². The second kappa shape index (κ2) is 3.20. The van der Waals surface area contributed by atoms with E-state index in [2.05, 4.69) is 4.98 Å². The molecule has 1 aromatic heterocycles. The third kappa shape index (κ3) is 2.07. The van der Waals surface area contributed by atoms with Gasteiger partial charge in [0.15, 0.2) is 0 Å². The van der Waals surface area contributed by atoms with Gasteiger partial charge in [-0.05, 0) is 19.4 Å². The first-order chi connectivity index (χ1) is 5.95. The Balaban J connectivity index is 3.41. The SMILES string of the molecule is CP(C)(=O)c1cnc(N)cc1C#N. The molecule has 0 aliphatic carbocycles. The maximum absolute atomic E-state index is 11.7. The molecule has 13 heavy (non-hydrogen) atoms. The lowest BCUT2D eigenvalue weighted by molar-refractivity contribution is 0.588. The normalized spacial score (nSPS) is 10.8. The lowest BCUT2D eigenvalue weighted by Crippen LogP contribution is -2.10. The second-order valence-corrected chi connectivity index (χ2v) is 6.27. The van der Waals surface area contributed by atoms with Gasteiger partial charge in [0.05, 0.1) is 5.56 Å². The molecule has 0 aliphatic heterocycles. The van der Waals surface area contributed by atoms with E-state index in [4.69, 9.17) is 11.0 Å². The van der Waals surface area contributed by atoms with Crippen molar-refractivity contribution in [2.45, 2.75) is 0 Å². The number of pyridine rings is 1. The smallest absolute Gasteiger partial charge is 0.124 e. The van der Waals surface area contributed by atoms with Crippen molar-refractivity contribution in [3.63, 3.8) is 0 Å². The van der Waals surface area contributed by atoms with E-state index in [0.29, 0.717) is 10.9 Å². The van der Waals surface area contributed by atoms with Crippen LogP contribution < -0.4 is 11.0 Å². The summed E-state index contributed by atoms with van der Waals surface area (Å²) in [6, 6.07) is 3.39. The molecule has 0 aromatic carbocycles. The Kier molecular flexibility index (Phi) is 2.40. The molecule has 1 aromatic rings. The van der Waals surface area contributed by atoms with Crippen LogP contribution >= 0.6 is 7.14 Å². The van der Waals surface area contributed by atoms with Crippen LogP contribution in [0.25, 0.3) is 0 Å². The zero-order valence-corrected chi connectivity index (χ0v) is 8.38. The lowest BCUT2D eigenvalue weighted by atomic mass is 10.3. The number of anilines is 1. The summed E-state index contributed by atoms with van der Waals surface area (Å²) in [5, 5.41) is 9.24. The third-order valence-electron chi connectivity index (χ3n) is 1.60. The van der Waals surface area contributed by atoms with Gasteiger partial charge in [-0.25, -0.2) is 4.98 Å². The number of rotatable bonds is 1. The molecule has 0 saturated carbocycles. The van der Waals surface area contributed by atoms with Gasteiger partial charge in [-0.15, -0.1) is 0 Å². The monoisotopic (exact) mass is 195 g/mol. The van der Waals surface area contributed by atoms with Crippen LogP contribution in [0.4, 0.5) is 5.82 Å². The Hall–Kier alpha value is -1.33. The Morgan fingerprint density at radius 2 is 2.23 bits per heavy atom. The summed E-state index contributed by atoms with van der Waals surface area (Å²) in [5.74, 6) is 0.272. The van der Waals surface area contributed by atoms with Crippen LogP contribution in [0.2, 0.25) is 0 Å². The van der Waals surface area contributed by atoms with Crippen molar-refractivity contribution in [2.75, 3.05) is 19.1 Å². The largest absolute Gasteiger partial charge is 0.384 e. The minimum atomic E-state index is -2.43. The lowest BCUT2D eigenvalue weighted by Gasteiger charge is -2.07. The molecular formula is C8H10N3OP. The van der Waals surface area contributed by atoms with Gasteiger partial charge in [-0.2, -0.15) is 5.26 Å². The molecule has 0 spiro atoms. The summed E-state index contributed by atoms with van der Waals surface area (Å²) in [7, 11) is -2.43. The standard InChI is InChI=1S/C8H10N3OP/c1-13(2,12)7-5-11-8(10)3-6(7)4-9/h3,5H,1-2H3,(H2,10,11). The molecule has 0 bridgehead atoms. The molecule has 68 valence electrons. The first kappa shape index (κ1) is 9.76. The van der Waals surface area contributed by atoms with Crippen LogP contribution in [0.15, 0.2) is 12.3 Å². The predicted octanol–water partition coefficient (Wildman–Crippen LogP) is 0.783. The molecule has 0 unspecified atom stereocenters. The van der Waals surface area contributed by atoms with Crippen LogP contribution in [-0.4, -0.2) is 18.3 Å². The molecule has 0 fully saturated rings. The van der Waals surface area contributed by atoms with Crippen molar-refractivity contribution < 1.29 is 4.57 Å². The zero-order chi connectivity index (χ0) is 10.1. The van der Waals surface area contributed by atoms with Crippen molar-refractivity contribution in [1.82, 2.24) is 4.98 Å². The molecule has 0 aliphatic rings. The van der Waals surface area contributed by atoms with Gasteiger partial charge >= 0.3 is 0 Å². The molecule has 4 nitrogen and oxygen atoms in total. The van der Waals surface area contributed by atoms with E-state index in [1.165, 1.54) is 12.3 Å². The average molecular weight is 195 g/mol. The summed E-state index contributed by atoms with van der Waals surface area (Å²) in [6.07, 6.45) is 1.41. The van der Waals surface area contributed by atoms with Crippen molar-refractivity contribution in [1.29, 1.82) is 5.26 Å². The maximum atomic E-state index is 11.7. The Bertz CT molecular complexity index is 416. The highest BCUT2D eigenvalue weighted by Gasteiger charge is 2.16. The molecule has 0 atom stereocenters. The Morgan fingerprint density at radius 1 is 1.62 bits per heavy atom. The number of aromatic nitrogens is 1. The van der Waals surface area contributed by atoms with Crippen molar-refractivity contribution in [2.24, 2.45) is 0 Å². The molecule has 1 heterocycles. The highest BCUT2D eigenvalue weighted by molar-refractivity contribution is 7.70. The molecule has 0 saturated heterocycles. The highest BCUT2D eigenvalue weighted by atomic mass is 31.2. The molecule has 2 N–H and O–H groups in total. The van der Waals surface area contributed by atoms with Gasteiger partial charge < -0.3 is 10.3 Å². The number of hydrogen-bond acceptors (Lipinski definition) is 4. The molecule has 0 radical (unpaired) electrons. The minimum absolute atomic E-state index is 0.272. The maximum Gasteiger partial charge on any atom is 0.124 e. The predicted molar refractivity (Wildman–Crippen MR) is 52.5 cm³/mol. The third-order valence-corrected chi connectivity index (χ3v) is 3.12. The fourth-order valence-electron chi connectivity index (χ4n) is 0.983. The van der Waals surface area contributed by atoms with Crippen LogP contribution in [0.5, 0.6) is 0 Å². The fourth-order valence-corrected chi connectivity index (χ4v) is 2.01. The summed E-state index contributed by atoms with van der Waals surface area (Å²) in [5.41, 5.74) is 5.74. The average Bonchev–Trinajstić information content (AvgIpc) is 2.01. The topological polar surface area (TPSA) is 79.8 Å². The quantitative estimate of drug-likeness (QED) is 0.671. The van der Waals surface area contributed by atoms with Gasteiger partial charge in [-0.1, -0.05) is 0 Å². The van der Waals surface area contributed by atoms with Crippen LogP contribution in [0.1, 0.15) is 5.56 Å². The van der Waals surface area contributed by atoms with E-state index < -0.39 is 7.14 Å². The van der Waals surface area contributed by atoms with E-state index in [0.717, 1.165) is 0 Å². The van der Waals surface area contributed by atoms with E-state index in [1.807, 2.05) is 6.07 Å². The molecule has 5 heteroatoms. The summed E-state index contributed by atoms with van der Waals surface area (Å²) >= 11 is 0.